The quantitative estimate of drug-likeness (QED) is 0.920. The SMILES string of the molecule is CN(CC1CCCCC1O)C(=O)OCc1ccccc1. The van der Waals surface area contributed by atoms with Crippen LogP contribution in [0.25, 0.3) is 0 Å². The molecule has 2 unspecified atom stereocenters. The first-order chi connectivity index (χ1) is 9.66. The van der Waals surface area contributed by atoms with E-state index in [1.807, 2.05) is 30.3 Å². The van der Waals surface area contributed by atoms with Crippen molar-refractivity contribution in [1.29, 1.82) is 0 Å². The number of ether oxygens (including phenoxy) is 1. The number of aliphatic hydroxyl groups excluding tert-OH is 1. The number of carbonyl (C=O) groups is 1. The van der Waals surface area contributed by atoms with Crippen LogP contribution in [0.4, 0.5) is 4.79 Å². The summed E-state index contributed by atoms with van der Waals surface area (Å²) in [4.78, 5) is 13.5. The van der Waals surface area contributed by atoms with Gasteiger partial charge in [0.25, 0.3) is 0 Å². The number of amides is 1. The third-order valence-corrected chi connectivity index (χ3v) is 3.89. The van der Waals surface area contributed by atoms with E-state index in [0.29, 0.717) is 6.54 Å². The molecule has 4 heteroatoms. The van der Waals surface area contributed by atoms with Crippen molar-refractivity contribution < 1.29 is 14.6 Å². The van der Waals surface area contributed by atoms with Crippen LogP contribution in [-0.2, 0) is 11.3 Å². The van der Waals surface area contributed by atoms with Crippen molar-refractivity contribution in [2.45, 2.75) is 38.4 Å². The summed E-state index contributed by atoms with van der Waals surface area (Å²) in [7, 11) is 1.73. The highest BCUT2D eigenvalue weighted by atomic mass is 16.6. The van der Waals surface area contributed by atoms with Crippen LogP contribution in [0.1, 0.15) is 31.2 Å². The van der Waals surface area contributed by atoms with Crippen LogP contribution in [0.3, 0.4) is 0 Å². The molecular weight excluding hydrogens is 254 g/mol. The van der Waals surface area contributed by atoms with Gasteiger partial charge in [-0.05, 0) is 18.4 Å². The van der Waals surface area contributed by atoms with Gasteiger partial charge in [-0.3, -0.25) is 0 Å². The molecule has 1 aromatic rings. The number of benzene rings is 1. The predicted molar refractivity (Wildman–Crippen MR) is 77.2 cm³/mol. The van der Waals surface area contributed by atoms with Crippen molar-refractivity contribution in [3.63, 3.8) is 0 Å². The Hall–Kier alpha value is -1.55. The average Bonchev–Trinajstić information content (AvgIpc) is 2.48. The highest BCUT2D eigenvalue weighted by Gasteiger charge is 2.25. The molecule has 1 amide bonds. The van der Waals surface area contributed by atoms with Gasteiger partial charge in [0.2, 0.25) is 0 Å². The normalized spacial score (nSPS) is 22.3. The second-order valence-electron chi connectivity index (χ2n) is 5.53. The number of aliphatic hydroxyl groups is 1. The smallest absolute Gasteiger partial charge is 0.409 e. The van der Waals surface area contributed by atoms with Gasteiger partial charge in [-0.15, -0.1) is 0 Å². The number of hydrogen-bond acceptors (Lipinski definition) is 3. The molecule has 20 heavy (non-hydrogen) atoms. The summed E-state index contributed by atoms with van der Waals surface area (Å²) in [5.74, 6) is 0.179. The molecule has 2 rings (SSSR count). The zero-order valence-corrected chi connectivity index (χ0v) is 12.0. The largest absolute Gasteiger partial charge is 0.445 e. The van der Waals surface area contributed by atoms with Gasteiger partial charge >= 0.3 is 6.09 Å². The molecule has 1 aliphatic carbocycles. The maximum absolute atomic E-state index is 11.9. The minimum atomic E-state index is -0.327. The molecule has 0 radical (unpaired) electrons. The lowest BCUT2D eigenvalue weighted by Crippen LogP contribution is -2.38. The van der Waals surface area contributed by atoms with E-state index in [9.17, 15) is 9.90 Å². The molecule has 1 aromatic carbocycles. The molecule has 2 atom stereocenters. The van der Waals surface area contributed by atoms with E-state index in [-0.39, 0.29) is 24.7 Å². The minimum absolute atomic E-state index is 0.179. The zero-order valence-electron chi connectivity index (χ0n) is 12.0. The Morgan fingerprint density at radius 3 is 2.70 bits per heavy atom. The van der Waals surface area contributed by atoms with Crippen LogP contribution in [-0.4, -0.2) is 35.8 Å². The molecule has 0 spiro atoms. The fourth-order valence-electron chi connectivity index (χ4n) is 2.66. The third-order valence-electron chi connectivity index (χ3n) is 3.89. The van der Waals surface area contributed by atoms with Crippen molar-refractivity contribution in [3.8, 4) is 0 Å². The van der Waals surface area contributed by atoms with Crippen LogP contribution in [0.2, 0.25) is 0 Å². The van der Waals surface area contributed by atoms with Gasteiger partial charge in [0.05, 0.1) is 6.10 Å². The van der Waals surface area contributed by atoms with Crippen LogP contribution in [0.15, 0.2) is 30.3 Å². The number of rotatable bonds is 4. The summed E-state index contributed by atoms with van der Waals surface area (Å²) in [5.41, 5.74) is 0.979. The first kappa shape index (κ1) is 14.9. The molecule has 1 saturated carbocycles. The summed E-state index contributed by atoms with van der Waals surface area (Å²) in [5, 5.41) is 9.93. The fourth-order valence-corrected chi connectivity index (χ4v) is 2.66. The summed E-state index contributed by atoms with van der Waals surface area (Å²) in [6.07, 6.45) is 3.43. The summed E-state index contributed by atoms with van der Waals surface area (Å²) in [6, 6.07) is 9.63. The second-order valence-corrected chi connectivity index (χ2v) is 5.53. The fraction of sp³-hybridized carbons (Fsp3) is 0.562. The Bertz CT molecular complexity index is 421. The van der Waals surface area contributed by atoms with Gasteiger partial charge in [-0.1, -0.05) is 43.2 Å². The zero-order chi connectivity index (χ0) is 14.4. The number of carbonyl (C=O) groups excluding carboxylic acids is 1. The standard InChI is InChI=1S/C16H23NO3/c1-17(11-14-9-5-6-10-15(14)18)16(19)20-12-13-7-3-2-4-8-13/h2-4,7-8,14-15,18H,5-6,9-12H2,1H3. The Morgan fingerprint density at radius 1 is 1.30 bits per heavy atom. The Kier molecular flexibility index (Phi) is 5.41. The Morgan fingerprint density at radius 2 is 2.00 bits per heavy atom. The second kappa shape index (κ2) is 7.29. The Balaban J connectivity index is 1.77. The first-order valence-corrected chi connectivity index (χ1v) is 7.26. The lowest BCUT2D eigenvalue weighted by molar-refractivity contribution is 0.0440. The average molecular weight is 277 g/mol. The molecule has 0 aromatic heterocycles. The minimum Gasteiger partial charge on any atom is -0.445 e. The van der Waals surface area contributed by atoms with Crippen molar-refractivity contribution >= 4 is 6.09 Å². The van der Waals surface area contributed by atoms with Gasteiger partial charge in [-0.2, -0.15) is 0 Å². The summed E-state index contributed by atoms with van der Waals surface area (Å²) < 4.78 is 5.27. The summed E-state index contributed by atoms with van der Waals surface area (Å²) in [6.45, 7) is 0.853. The molecule has 1 N–H and O–H groups in total. The van der Waals surface area contributed by atoms with Crippen molar-refractivity contribution in [2.75, 3.05) is 13.6 Å². The van der Waals surface area contributed by atoms with Crippen LogP contribution in [0.5, 0.6) is 0 Å². The molecule has 1 fully saturated rings. The number of nitrogens with zero attached hydrogens (tertiary/aromatic N) is 1. The molecule has 0 bridgehead atoms. The van der Waals surface area contributed by atoms with E-state index in [0.717, 1.165) is 31.2 Å². The number of hydrogen-bond donors (Lipinski definition) is 1. The van der Waals surface area contributed by atoms with Gasteiger partial charge < -0.3 is 14.7 Å². The van der Waals surface area contributed by atoms with Crippen molar-refractivity contribution in [3.05, 3.63) is 35.9 Å². The molecule has 110 valence electrons. The lowest BCUT2D eigenvalue weighted by Gasteiger charge is -2.30. The third kappa shape index (κ3) is 4.23. The maximum Gasteiger partial charge on any atom is 0.409 e. The van der Waals surface area contributed by atoms with Crippen molar-refractivity contribution in [2.24, 2.45) is 5.92 Å². The van der Waals surface area contributed by atoms with E-state index in [1.165, 1.54) is 0 Å². The van der Waals surface area contributed by atoms with E-state index in [2.05, 4.69) is 0 Å². The van der Waals surface area contributed by atoms with Crippen LogP contribution >= 0.6 is 0 Å². The molecule has 0 heterocycles. The predicted octanol–water partition coefficient (Wildman–Crippen LogP) is 2.81. The molecular formula is C16H23NO3. The molecule has 1 aliphatic rings. The van der Waals surface area contributed by atoms with E-state index in [1.54, 1.807) is 11.9 Å². The topological polar surface area (TPSA) is 49.8 Å². The maximum atomic E-state index is 11.9. The van der Waals surface area contributed by atoms with E-state index in [4.69, 9.17) is 4.74 Å². The molecule has 0 aliphatic heterocycles. The first-order valence-electron chi connectivity index (χ1n) is 7.26. The highest BCUT2D eigenvalue weighted by molar-refractivity contribution is 5.67. The monoisotopic (exact) mass is 277 g/mol. The molecule has 0 saturated heterocycles. The molecule has 4 nitrogen and oxygen atoms in total. The summed E-state index contributed by atoms with van der Waals surface area (Å²) >= 11 is 0. The van der Waals surface area contributed by atoms with Crippen molar-refractivity contribution in [1.82, 2.24) is 4.90 Å². The highest BCUT2D eigenvalue weighted by Crippen LogP contribution is 2.25. The van der Waals surface area contributed by atoms with Gasteiger partial charge in [0, 0.05) is 19.5 Å². The van der Waals surface area contributed by atoms with Gasteiger partial charge in [-0.25, -0.2) is 4.79 Å². The van der Waals surface area contributed by atoms with Crippen LogP contribution in [0, 0.1) is 5.92 Å². The Labute approximate surface area is 120 Å². The van der Waals surface area contributed by atoms with E-state index >= 15 is 0 Å². The van der Waals surface area contributed by atoms with Gasteiger partial charge in [0.15, 0.2) is 0 Å². The van der Waals surface area contributed by atoms with E-state index < -0.39 is 0 Å². The van der Waals surface area contributed by atoms with Crippen LogP contribution < -0.4 is 0 Å². The van der Waals surface area contributed by atoms with Gasteiger partial charge in [0.1, 0.15) is 6.61 Å². The lowest BCUT2D eigenvalue weighted by atomic mass is 9.86.